The SMILES string of the molecule is CC(C)(C)OC(=O)N[C@@H](CS(=O)Cc1ccccc1)C(=O)OCc1ccccc1. The molecule has 1 unspecified atom stereocenters. The third-order valence-corrected chi connectivity index (χ3v) is 5.08. The summed E-state index contributed by atoms with van der Waals surface area (Å²) in [4.78, 5) is 24.7. The third-order valence-electron chi connectivity index (χ3n) is 3.72. The monoisotopic (exact) mass is 417 g/mol. The van der Waals surface area contributed by atoms with E-state index < -0.39 is 34.5 Å². The average molecular weight is 418 g/mol. The van der Waals surface area contributed by atoms with Crippen LogP contribution in [0.25, 0.3) is 0 Å². The normalized spacial score (nSPS) is 13.2. The van der Waals surface area contributed by atoms with E-state index in [0.29, 0.717) is 0 Å². The second-order valence-electron chi connectivity index (χ2n) is 7.53. The van der Waals surface area contributed by atoms with Gasteiger partial charge in [0.1, 0.15) is 18.2 Å². The number of hydrogen-bond acceptors (Lipinski definition) is 5. The number of alkyl carbamates (subject to hydrolysis) is 1. The summed E-state index contributed by atoms with van der Waals surface area (Å²) in [5.74, 6) is -0.442. The topological polar surface area (TPSA) is 81.7 Å². The molecule has 1 amide bonds. The van der Waals surface area contributed by atoms with Gasteiger partial charge >= 0.3 is 12.1 Å². The van der Waals surface area contributed by atoms with Gasteiger partial charge in [-0.25, -0.2) is 9.59 Å². The van der Waals surface area contributed by atoms with Crippen molar-refractivity contribution in [1.29, 1.82) is 0 Å². The summed E-state index contributed by atoms with van der Waals surface area (Å²) in [6.07, 6.45) is -0.754. The summed E-state index contributed by atoms with van der Waals surface area (Å²) in [5.41, 5.74) is 0.993. The van der Waals surface area contributed by atoms with Gasteiger partial charge in [0.05, 0.1) is 5.75 Å². The van der Waals surface area contributed by atoms with Crippen LogP contribution in [0.1, 0.15) is 31.9 Å². The number of nitrogens with one attached hydrogen (secondary N) is 1. The maximum absolute atomic E-state index is 12.6. The minimum absolute atomic E-state index is 0.0670. The molecule has 0 saturated carbocycles. The van der Waals surface area contributed by atoms with Gasteiger partial charge in [-0.05, 0) is 31.9 Å². The van der Waals surface area contributed by atoms with Crippen LogP contribution in [0, 0.1) is 0 Å². The first-order valence-corrected chi connectivity index (χ1v) is 10.8. The number of ether oxygens (including phenoxy) is 2. The van der Waals surface area contributed by atoms with Gasteiger partial charge in [-0.1, -0.05) is 60.7 Å². The smallest absolute Gasteiger partial charge is 0.408 e. The highest BCUT2D eigenvalue weighted by atomic mass is 32.2. The van der Waals surface area contributed by atoms with Crippen LogP contribution in [0.3, 0.4) is 0 Å². The Hall–Kier alpha value is -2.67. The van der Waals surface area contributed by atoms with Crippen molar-refractivity contribution in [2.45, 2.75) is 44.8 Å². The lowest BCUT2D eigenvalue weighted by atomic mass is 10.2. The zero-order valence-corrected chi connectivity index (χ0v) is 17.7. The second kappa shape index (κ2) is 10.8. The van der Waals surface area contributed by atoms with Gasteiger partial charge in [0.15, 0.2) is 0 Å². The molecule has 6 nitrogen and oxygen atoms in total. The van der Waals surface area contributed by atoms with E-state index in [1.165, 1.54) is 0 Å². The zero-order chi connectivity index (χ0) is 21.3. The molecule has 29 heavy (non-hydrogen) atoms. The molecule has 0 radical (unpaired) electrons. The molecule has 156 valence electrons. The Balaban J connectivity index is 2.02. The van der Waals surface area contributed by atoms with Crippen molar-refractivity contribution < 1.29 is 23.3 Å². The van der Waals surface area contributed by atoms with E-state index in [4.69, 9.17) is 9.47 Å². The highest BCUT2D eigenvalue weighted by molar-refractivity contribution is 7.84. The molecule has 2 rings (SSSR count). The van der Waals surface area contributed by atoms with Gasteiger partial charge in [-0.2, -0.15) is 0 Å². The fourth-order valence-electron chi connectivity index (χ4n) is 2.45. The lowest BCUT2D eigenvalue weighted by Gasteiger charge is -2.23. The Morgan fingerprint density at radius 2 is 1.52 bits per heavy atom. The number of rotatable bonds is 8. The average Bonchev–Trinajstić information content (AvgIpc) is 2.65. The number of carbonyl (C=O) groups excluding carboxylic acids is 2. The van der Waals surface area contributed by atoms with Crippen molar-refractivity contribution in [3.8, 4) is 0 Å². The molecule has 0 aromatic heterocycles. The lowest BCUT2D eigenvalue weighted by molar-refractivity contribution is -0.146. The van der Waals surface area contributed by atoms with Crippen LogP contribution in [0.15, 0.2) is 60.7 Å². The molecular weight excluding hydrogens is 390 g/mol. The number of hydrogen-bond donors (Lipinski definition) is 1. The molecule has 7 heteroatoms. The van der Waals surface area contributed by atoms with Crippen LogP contribution in [-0.2, 0) is 37.4 Å². The first-order valence-electron chi connectivity index (χ1n) is 9.32. The van der Waals surface area contributed by atoms with E-state index in [9.17, 15) is 13.8 Å². The number of esters is 1. The summed E-state index contributed by atoms with van der Waals surface area (Å²) in [7, 11) is -1.38. The van der Waals surface area contributed by atoms with Crippen LogP contribution in [0.2, 0.25) is 0 Å². The molecule has 0 saturated heterocycles. The summed E-state index contributed by atoms with van der Waals surface area (Å²) in [5, 5.41) is 2.50. The first kappa shape index (κ1) is 22.6. The van der Waals surface area contributed by atoms with E-state index in [1.807, 2.05) is 60.7 Å². The molecule has 0 aliphatic carbocycles. The van der Waals surface area contributed by atoms with E-state index in [1.54, 1.807) is 20.8 Å². The highest BCUT2D eigenvalue weighted by Crippen LogP contribution is 2.09. The maximum atomic E-state index is 12.6. The Bertz CT molecular complexity index is 818. The minimum Gasteiger partial charge on any atom is -0.459 e. The van der Waals surface area contributed by atoms with Gasteiger partial charge < -0.3 is 14.8 Å². The quantitative estimate of drug-likeness (QED) is 0.664. The predicted molar refractivity (Wildman–Crippen MR) is 113 cm³/mol. The summed E-state index contributed by atoms with van der Waals surface area (Å²) in [6.45, 7) is 5.24. The Morgan fingerprint density at radius 1 is 0.966 bits per heavy atom. The first-order chi connectivity index (χ1) is 13.7. The van der Waals surface area contributed by atoms with Gasteiger partial charge in [0, 0.05) is 16.6 Å². The molecule has 2 aromatic carbocycles. The van der Waals surface area contributed by atoms with Crippen LogP contribution in [0.5, 0.6) is 0 Å². The van der Waals surface area contributed by atoms with Crippen LogP contribution in [-0.4, -0.2) is 33.7 Å². The predicted octanol–water partition coefficient (Wildman–Crippen LogP) is 3.57. The Labute approximate surface area is 174 Å². The number of benzene rings is 2. The van der Waals surface area contributed by atoms with Crippen molar-refractivity contribution in [1.82, 2.24) is 5.32 Å². The van der Waals surface area contributed by atoms with E-state index in [2.05, 4.69) is 5.32 Å². The van der Waals surface area contributed by atoms with E-state index >= 15 is 0 Å². The van der Waals surface area contributed by atoms with Crippen molar-refractivity contribution >= 4 is 22.9 Å². The molecule has 1 N–H and O–H groups in total. The van der Waals surface area contributed by atoms with Crippen molar-refractivity contribution in [2.75, 3.05) is 5.75 Å². The molecule has 0 bridgehead atoms. The van der Waals surface area contributed by atoms with Gasteiger partial charge in [-0.15, -0.1) is 0 Å². The fourth-order valence-corrected chi connectivity index (χ4v) is 3.73. The molecule has 0 aliphatic rings. The third kappa shape index (κ3) is 8.91. The zero-order valence-electron chi connectivity index (χ0n) is 16.9. The molecular formula is C22H27NO5S. The molecule has 2 aromatic rings. The Morgan fingerprint density at radius 3 is 2.07 bits per heavy atom. The van der Waals surface area contributed by atoms with Gasteiger partial charge in [0.2, 0.25) is 0 Å². The summed E-state index contributed by atoms with van der Waals surface area (Å²) < 4.78 is 23.1. The maximum Gasteiger partial charge on any atom is 0.408 e. The number of amides is 1. The minimum atomic E-state index is -1.38. The standard InChI is InChI=1S/C22H27NO5S/c1-22(2,3)28-21(25)23-19(16-29(26)15-18-12-8-5-9-13-18)20(24)27-14-17-10-6-4-7-11-17/h4-13,19H,14-16H2,1-3H3,(H,23,25)/t19-,29?/m0/s1. The molecule has 2 atom stereocenters. The van der Waals surface area contributed by atoms with E-state index in [-0.39, 0.29) is 18.1 Å². The highest BCUT2D eigenvalue weighted by Gasteiger charge is 2.27. The largest absolute Gasteiger partial charge is 0.459 e. The Kier molecular flexibility index (Phi) is 8.39. The molecule has 0 aliphatic heterocycles. The van der Waals surface area contributed by atoms with Crippen molar-refractivity contribution in [2.24, 2.45) is 0 Å². The molecule has 0 spiro atoms. The second-order valence-corrected chi connectivity index (χ2v) is 9.03. The molecule has 0 fully saturated rings. The summed E-state index contributed by atoms with van der Waals surface area (Å²) in [6, 6.07) is 17.5. The van der Waals surface area contributed by atoms with E-state index in [0.717, 1.165) is 11.1 Å². The lowest BCUT2D eigenvalue weighted by Crippen LogP contribution is -2.47. The fraction of sp³-hybridized carbons (Fsp3) is 0.364. The number of carbonyl (C=O) groups is 2. The molecule has 0 heterocycles. The van der Waals surface area contributed by atoms with Crippen molar-refractivity contribution in [3.63, 3.8) is 0 Å². The summed E-state index contributed by atoms with van der Waals surface area (Å²) >= 11 is 0. The van der Waals surface area contributed by atoms with Crippen molar-refractivity contribution in [3.05, 3.63) is 71.8 Å². The van der Waals surface area contributed by atoms with Crippen LogP contribution < -0.4 is 5.32 Å². The van der Waals surface area contributed by atoms with Crippen LogP contribution >= 0.6 is 0 Å². The van der Waals surface area contributed by atoms with Crippen LogP contribution in [0.4, 0.5) is 4.79 Å². The van der Waals surface area contributed by atoms with Gasteiger partial charge in [0.25, 0.3) is 0 Å². The van der Waals surface area contributed by atoms with Gasteiger partial charge in [-0.3, -0.25) is 4.21 Å².